The second-order valence-corrected chi connectivity index (χ2v) is 5.05. The number of nitrogens with two attached hydrogens (primary N) is 1. The van der Waals surface area contributed by atoms with Gasteiger partial charge in [-0.15, -0.1) is 0 Å². The van der Waals surface area contributed by atoms with Gasteiger partial charge < -0.3 is 16.4 Å². The molecular weight excluding hydrogens is 266 g/mol. The number of hydrogen-bond donors (Lipinski definition) is 3. The lowest BCUT2D eigenvalue weighted by molar-refractivity contribution is -0.116. The number of nitrogens with one attached hydrogen (secondary N) is 2. The van der Waals surface area contributed by atoms with Crippen LogP contribution in [0.3, 0.4) is 0 Å². The molecule has 0 aliphatic carbocycles. The summed E-state index contributed by atoms with van der Waals surface area (Å²) in [5.74, 6) is -0.553. The third kappa shape index (κ3) is 2.33. The molecule has 1 heterocycles. The molecule has 1 atom stereocenters. The number of amides is 2. The van der Waals surface area contributed by atoms with E-state index < -0.39 is 11.9 Å². The first-order chi connectivity index (χ1) is 10.1. The molecule has 2 aromatic carbocycles. The number of fused-ring (bicyclic) bond motifs is 1. The summed E-state index contributed by atoms with van der Waals surface area (Å²) in [6.07, 6.45) is 0. The van der Waals surface area contributed by atoms with Crippen LogP contribution in [-0.2, 0) is 4.79 Å². The molecule has 0 saturated heterocycles. The van der Waals surface area contributed by atoms with Crippen molar-refractivity contribution in [1.82, 2.24) is 0 Å². The second-order valence-electron chi connectivity index (χ2n) is 5.05. The van der Waals surface area contributed by atoms with E-state index in [1.165, 1.54) is 0 Å². The Morgan fingerprint density at radius 1 is 1.24 bits per heavy atom. The zero-order valence-electron chi connectivity index (χ0n) is 11.5. The van der Waals surface area contributed by atoms with E-state index in [1.807, 2.05) is 31.2 Å². The van der Waals surface area contributed by atoms with E-state index in [-0.39, 0.29) is 5.91 Å². The van der Waals surface area contributed by atoms with Crippen molar-refractivity contribution >= 4 is 23.2 Å². The average molecular weight is 281 g/mol. The predicted octanol–water partition coefficient (Wildman–Crippen LogP) is 2.20. The Labute approximate surface area is 122 Å². The van der Waals surface area contributed by atoms with Gasteiger partial charge in [0.05, 0.1) is 0 Å². The van der Waals surface area contributed by atoms with Crippen molar-refractivity contribution < 1.29 is 9.59 Å². The number of anilines is 2. The maximum Gasteiger partial charge on any atom is 0.251 e. The lowest BCUT2D eigenvalue weighted by Crippen LogP contribution is -2.20. The minimum atomic E-state index is -0.464. The fraction of sp³-hybridized carbons (Fsp3) is 0.125. The summed E-state index contributed by atoms with van der Waals surface area (Å²) < 4.78 is 0. The Morgan fingerprint density at radius 2 is 2.00 bits per heavy atom. The highest BCUT2D eigenvalue weighted by molar-refractivity contribution is 6.04. The molecule has 2 aromatic rings. The number of rotatable bonds is 3. The maximum absolute atomic E-state index is 12.1. The largest absolute Gasteiger partial charge is 0.370 e. The quantitative estimate of drug-likeness (QED) is 0.806. The highest BCUT2D eigenvalue weighted by Crippen LogP contribution is 2.33. The molecule has 0 radical (unpaired) electrons. The molecule has 0 aromatic heterocycles. The van der Waals surface area contributed by atoms with Crippen LogP contribution in [0.4, 0.5) is 11.4 Å². The van der Waals surface area contributed by atoms with E-state index in [0.717, 1.165) is 22.5 Å². The Hall–Kier alpha value is -2.82. The summed E-state index contributed by atoms with van der Waals surface area (Å²) in [6.45, 7) is 1.87. The van der Waals surface area contributed by atoms with Gasteiger partial charge in [0.2, 0.25) is 5.91 Å². The number of para-hydroxylation sites is 1. The Morgan fingerprint density at radius 3 is 2.71 bits per heavy atom. The summed E-state index contributed by atoms with van der Waals surface area (Å²) in [6, 6.07) is 12.3. The summed E-state index contributed by atoms with van der Waals surface area (Å²) in [4.78, 5) is 23.2. The monoisotopic (exact) mass is 281 g/mol. The van der Waals surface area contributed by atoms with Gasteiger partial charge in [-0.3, -0.25) is 9.59 Å². The molecule has 5 heteroatoms. The topological polar surface area (TPSA) is 84.2 Å². The molecule has 0 fully saturated rings. The van der Waals surface area contributed by atoms with Crippen LogP contribution < -0.4 is 16.4 Å². The first kappa shape index (κ1) is 13.2. The van der Waals surface area contributed by atoms with Crippen molar-refractivity contribution in [2.75, 3.05) is 10.6 Å². The van der Waals surface area contributed by atoms with Gasteiger partial charge in [-0.05, 0) is 36.8 Å². The van der Waals surface area contributed by atoms with Crippen LogP contribution in [0.2, 0.25) is 0 Å². The molecule has 4 N–H and O–H groups in total. The number of carbonyl (C=O) groups excluding carboxylic acids is 2. The van der Waals surface area contributed by atoms with Gasteiger partial charge in [0, 0.05) is 22.5 Å². The van der Waals surface area contributed by atoms with E-state index in [1.54, 1.807) is 18.2 Å². The molecule has 0 bridgehead atoms. The first-order valence-corrected chi connectivity index (χ1v) is 6.63. The highest BCUT2D eigenvalue weighted by atomic mass is 16.2. The third-order valence-electron chi connectivity index (χ3n) is 3.60. The Bertz CT molecular complexity index is 740. The summed E-state index contributed by atoms with van der Waals surface area (Å²) >= 11 is 0. The Kier molecular flexibility index (Phi) is 3.10. The van der Waals surface area contributed by atoms with Crippen LogP contribution >= 0.6 is 0 Å². The van der Waals surface area contributed by atoms with Crippen LogP contribution in [0.5, 0.6) is 0 Å². The van der Waals surface area contributed by atoms with Crippen molar-refractivity contribution in [2.45, 2.75) is 13.0 Å². The number of benzene rings is 2. The fourth-order valence-electron chi connectivity index (χ4n) is 2.49. The molecule has 1 aliphatic heterocycles. The van der Waals surface area contributed by atoms with E-state index in [0.29, 0.717) is 5.56 Å². The molecule has 1 unspecified atom stereocenters. The number of aryl methyl sites for hydroxylation is 1. The Balaban J connectivity index is 1.91. The smallest absolute Gasteiger partial charge is 0.251 e. The zero-order chi connectivity index (χ0) is 15.0. The maximum atomic E-state index is 12.1. The van der Waals surface area contributed by atoms with Crippen molar-refractivity contribution in [3.05, 3.63) is 59.2 Å². The first-order valence-electron chi connectivity index (χ1n) is 6.63. The van der Waals surface area contributed by atoms with Crippen LogP contribution in [0.25, 0.3) is 0 Å². The van der Waals surface area contributed by atoms with Crippen molar-refractivity contribution in [1.29, 1.82) is 0 Å². The normalized spacial score (nSPS) is 16.2. The third-order valence-corrected chi connectivity index (χ3v) is 3.60. The van der Waals surface area contributed by atoms with E-state index in [2.05, 4.69) is 10.6 Å². The van der Waals surface area contributed by atoms with Gasteiger partial charge in [0.1, 0.15) is 6.04 Å². The van der Waals surface area contributed by atoms with E-state index >= 15 is 0 Å². The lowest BCUT2D eigenvalue weighted by atomic mass is 10.1. The van der Waals surface area contributed by atoms with Gasteiger partial charge in [0.25, 0.3) is 5.91 Å². The van der Waals surface area contributed by atoms with E-state index in [9.17, 15) is 9.59 Å². The fourth-order valence-corrected chi connectivity index (χ4v) is 2.49. The molecule has 0 spiro atoms. The minimum absolute atomic E-state index is 0.0884. The molecule has 2 amide bonds. The average Bonchev–Trinajstić information content (AvgIpc) is 2.77. The highest BCUT2D eigenvalue weighted by Gasteiger charge is 2.30. The van der Waals surface area contributed by atoms with Crippen LogP contribution in [-0.4, -0.2) is 11.8 Å². The number of hydrogen-bond acceptors (Lipinski definition) is 3. The zero-order valence-corrected chi connectivity index (χ0v) is 11.5. The van der Waals surface area contributed by atoms with Gasteiger partial charge in [-0.25, -0.2) is 0 Å². The standard InChI is InChI=1S/C16H15N3O2/c1-9-8-10(15(17)20)6-7-12(9)18-14-11-4-2-3-5-13(11)19-16(14)21/h2-8,14,18H,1H3,(H2,17,20)(H,19,21). The second kappa shape index (κ2) is 4.94. The van der Waals surface area contributed by atoms with Crippen LogP contribution in [0, 0.1) is 6.92 Å². The SMILES string of the molecule is Cc1cc(C(N)=O)ccc1NC1C(=O)Nc2ccccc21. The molecule has 1 aliphatic rings. The minimum Gasteiger partial charge on any atom is -0.370 e. The summed E-state index contributed by atoms with van der Waals surface area (Å²) in [5, 5.41) is 6.06. The molecule has 0 saturated carbocycles. The van der Waals surface area contributed by atoms with Crippen LogP contribution in [0.1, 0.15) is 27.5 Å². The molecule has 106 valence electrons. The van der Waals surface area contributed by atoms with Crippen molar-refractivity contribution in [3.8, 4) is 0 Å². The van der Waals surface area contributed by atoms with Crippen molar-refractivity contribution in [2.24, 2.45) is 5.73 Å². The lowest BCUT2D eigenvalue weighted by Gasteiger charge is -2.15. The molecule has 5 nitrogen and oxygen atoms in total. The van der Waals surface area contributed by atoms with E-state index in [4.69, 9.17) is 5.73 Å². The molecular formula is C16H15N3O2. The molecule has 21 heavy (non-hydrogen) atoms. The predicted molar refractivity (Wildman–Crippen MR) is 81.1 cm³/mol. The summed E-state index contributed by atoms with van der Waals surface area (Å²) in [7, 11) is 0. The number of primary amides is 1. The summed E-state index contributed by atoms with van der Waals surface area (Å²) in [5.41, 5.74) is 9.12. The molecule has 3 rings (SSSR count). The van der Waals surface area contributed by atoms with Gasteiger partial charge >= 0.3 is 0 Å². The number of carbonyl (C=O) groups is 2. The van der Waals surface area contributed by atoms with Crippen LogP contribution in [0.15, 0.2) is 42.5 Å². The van der Waals surface area contributed by atoms with Crippen molar-refractivity contribution in [3.63, 3.8) is 0 Å². The van der Waals surface area contributed by atoms with Gasteiger partial charge in [0.15, 0.2) is 0 Å². The van der Waals surface area contributed by atoms with Gasteiger partial charge in [-0.1, -0.05) is 18.2 Å². The van der Waals surface area contributed by atoms with Gasteiger partial charge in [-0.2, -0.15) is 0 Å².